The quantitative estimate of drug-likeness (QED) is 0.110. The predicted octanol–water partition coefficient (Wildman–Crippen LogP) is 0.728. The van der Waals surface area contributed by atoms with Crippen LogP contribution in [0.1, 0.15) is 32.0 Å². The van der Waals surface area contributed by atoms with Crippen LogP contribution in [-0.4, -0.2) is 83.4 Å². The van der Waals surface area contributed by atoms with Gasteiger partial charge in [-0.05, 0) is 26.3 Å². The number of nitrogens with one attached hydrogen (secondary N) is 1. The monoisotopic (exact) mass is 650 g/mol. The first-order valence-electron chi connectivity index (χ1n) is 13.4. The highest BCUT2D eigenvalue weighted by Gasteiger charge is 2.66. The van der Waals surface area contributed by atoms with Gasteiger partial charge >= 0.3 is 7.75 Å². The normalized spacial score (nSPS) is 25.1. The van der Waals surface area contributed by atoms with Gasteiger partial charge in [0.2, 0.25) is 11.5 Å². The first-order chi connectivity index (χ1) is 20.7. The Labute approximate surface area is 257 Å². The fourth-order valence-corrected chi connectivity index (χ4v) is 6.66. The average molecular weight is 651 g/mol. The molecule has 16 nitrogen and oxygen atoms in total. The van der Waals surface area contributed by atoms with E-state index < -0.39 is 43.2 Å². The number of carbonyl (C=O) groups excluding carboxylic acids is 1. The molecule has 44 heavy (non-hydrogen) atoms. The lowest BCUT2D eigenvalue weighted by Gasteiger charge is -2.32. The summed E-state index contributed by atoms with van der Waals surface area (Å²) in [5.41, 5.74) is 6.88. The van der Waals surface area contributed by atoms with E-state index in [0.717, 1.165) is 21.8 Å². The van der Waals surface area contributed by atoms with Crippen molar-refractivity contribution >= 4 is 42.0 Å². The first-order valence-corrected chi connectivity index (χ1v) is 16.0. The number of imidazole rings is 1. The molecule has 3 aromatic rings. The minimum atomic E-state index is -4.13. The van der Waals surface area contributed by atoms with Crippen molar-refractivity contribution in [1.29, 1.82) is 5.26 Å². The summed E-state index contributed by atoms with van der Waals surface area (Å²) in [5, 5.41) is 48.8. The Kier molecular flexibility index (Phi) is 10.0. The third-order valence-electron chi connectivity index (χ3n) is 7.15. The fourth-order valence-electron chi connectivity index (χ4n) is 4.42. The van der Waals surface area contributed by atoms with Gasteiger partial charge in [0.1, 0.15) is 29.6 Å². The zero-order valence-corrected chi connectivity index (χ0v) is 26.0. The molecule has 0 saturated carbocycles. The van der Waals surface area contributed by atoms with Gasteiger partial charge in [-0.15, -0.1) is 5.10 Å². The number of thioether (sulfide) groups is 1. The minimum absolute atomic E-state index is 0.0409. The van der Waals surface area contributed by atoms with Gasteiger partial charge in [0.15, 0.2) is 16.6 Å². The number of aliphatic hydroxyl groups excluding tert-OH is 2. The lowest BCUT2D eigenvalue weighted by Crippen LogP contribution is -2.52. The molecule has 1 aliphatic rings. The topological polar surface area (TPSA) is 253 Å². The van der Waals surface area contributed by atoms with E-state index in [2.05, 4.69) is 20.2 Å². The van der Waals surface area contributed by atoms with E-state index in [1.54, 1.807) is 38.1 Å². The summed E-state index contributed by atoms with van der Waals surface area (Å²) in [5.74, 6) is -0.208. The molecule has 18 heteroatoms. The Morgan fingerprint density at radius 2 is 2.02 bits per heavy atom. The molecule has 5 atom stereocenters. The van der Waals surface area contributed by atoms with Gasteiger partial charge in [0.05, 0.1) is 31.4 Å². The summed E-state index contributed by atoms with van der Waals surface area (Å²) in [4.78, 5) is 20.3. The zero-order valence-electron chi connectivity index (χ0n) is 24.3. The molecular weight excluding hydrogens is 615 g/mol. The Hall–Kier alpha value is -3.17. The van der Waals surface area contributed by atoms with E-state index in [1.165, 1.54) is 13.1 Å². The third-order valence-corrected chi connectivity index (χ3v) is 9.89. The standard InChI is InChI=1S/C26H35N8O8PS/c1-24(2,15-35)22(37)44-10-9-40-43(39,31-11-16-7-5-4-6-8-16)41-13-17-19(36)25(3,38)26(14-27,42-17)18-12-30-21-20(28)32-23(29)33-34(18)21/h4-8,12,17,19,35-36,38H,9-11,13,15H2,1-3H3,(H,31,39)(H4,28,29,32,33)/t17-,19-,25-,26+,43?/m1/s1. The smallest absolute Gasteiger partial charge is 0.395 e. The summed E-state index contributed by atoms with van der Waals surface area (Å²) in [7, 11) is -4.13. The van der Waals surface area contributed by atoms with Gasteiger partial charge in [0, 0.05) is 12.3 Å². The van der Waals surface area contributed by atoms with Crippen LogP contribution in [0, 0.1) is 16.7 Å². The summed E-state index contributed by atoms with van der Waals surface area (Å²) in [6.07, 6.45) is -1.91. The van der Waals surface area contributed by atoms with Crippen LogP contribution in [-0.2, 0) is 35.3 Å². The van der Waals surface area contributed by atoms with E-state index in [4.69, 9.17) is 25.3 Å². The van der Waals surface area contributed by atoms with Crippen molar-refractivity contribution in [2.45, 2.75) is 50.7 Å². The summed E-state index contributed by atoms with van der Waals surface area (Å²) in [6.45, 7) is 3.39. The van der Waals surface area contributed by atoms with Crippen molar-refractivity contribution in [2.24, 2.45) is 5.41 Å². The molecule has 0 amide bonds. The first kappa shape index (κ1) is 33.7. The number of hydrogen-bond donors (Lipinski definition) is 6. The molecule has 238 valence electrons. The highest BCUT2D eigenvalue weighted by atomic mass is 32.2. The van der Waals surface area contributed by atoms with E-state index in [-0.39, 0.29) is 53.7 Å². The fraction of sp³-hybridized carbons (Fsp3) is 0.500. The molecule has 1 aliphatic heterocycles. The summed E-state index contributed by atoms with van der Waals surface area (Å²) >= 11 is 0.912. The van der Waals surface area contributed by atoms with Gasteiger partial charge < -0.3 is 31.5 Å². The van der Waals surface area contributed by atoms with Crippen LogP contribution in [0.2, 0.25) is 0 Å². The molecule has 0 bridgehead atoms. The molecule has 0 aliphatic carbocycles. The number of nitrogen functional groups attached to an aromatic ring is 2. The van der Waals surface area contributed by atoms with E-state index in [9.17, 15) is 29.9 Å². The van der Waals surface area contributed by atoms with Crippen molar-refractivity contribution in [3.63, 3.8) is 0 Å². The van der Waals surface area contributed by atoms with Crippen LogP contribution < -0.4 is 16.6 Å². The molecule has 1 unspecified atom stereocenters. The maximum Gasteiger partial charge on any atom is 0.405 e. The SMILES string of the molecule is CC(C)(CO)C(=O)SCCOP(=O)(NCc1ccccc1)OC[C@H]1O[C@@](C#N)(c2cnc3c(N)nc(N)nn23)[C@](C)(O)[C@@H]1O. The average Bonchev–Trinajstić information content (AvgIpc) is 3.50. The second-order valence-corrected chi connectivity index (χ2v) is 13.8. The molecule has 0 spiro atoms. The Morgan fingerprint density at radius 1 is 1.32 bits per heavy atom. The molecule has 0 radical (unpaired) electrons. The summed E-state index contributed by atoms with van der Waals surface area (Å²) < 4.78 is 32.1. The van der Waals surface area contributed by atoms with Crippen molar-refractivity contribution in [2.75, 3.05) is 37.0 Å². The number of carbonyl (C=O) groups is 1. The van der Waals surface area contributed by atoms with Crippen molar-refractivity contribution in [3.05, 3.63) is 47.8 Å². The third kappa shape index (κ3) is 6.59. The number of hydrogen-bond acceptors (Lipinski definition) is 15. The van der Waals surface area contributed by atoms with E-state index >= 15 is 0 Å². The Bertz CT molecular complexity index is 1580. The van der Waals surface area contributed by atoms with Crippen molar-refractivity contribution in [1.82, 2.24) is 24.7 Å². The predicted molar refractivity (Wildman–Crippen MR) is 160 cm³/mol. The van der Waals surface area contributed by atoms with Gasteiger partial charge in [-0.1, -0.05) is 42.1 Å². The number of nitrogens with zero attached hydrogens (tertiary/aromatic N) is 5. The number of ether oxygens (including phenoxy) is 1. The Balaban J connectivity index is 1.53. The second-order valence-electron chi connectivity index (χ2n) is 10.9. The lowest BCUT2D eigenvalue weighted by molar-refractivity contribution is -0.119. The second kappa shape index (κ2) is 13.1. The number of aromatic nitrogens is 4. The van der Waals surface area contributed by atoms with Crippen LogP contribution in [0.3, 0.4) is 0 Å². The maximum absolute atomic E-state index is 13.8. The Morgan fingerprint density at radius 3 is 2.68 bits per heavy atom. The van der Waals surface area contributed by atoms with E-state index in [0.29, 0.717) is 0 Å². The minimum Gasteiger partial charge on any atom is -0.395 e. The number of anilines is 2. The van der Waals surface area contributed by atoms with Gasteiger partial charge in [-0.25, -0.2) is 19.2 Å². The molecular formula is C26H35N8O8PS. The van der Waals surface area contributed by atoms with Gasteiger partial charge in [0.25, 0.3) is 0 Å². The number of fused-ring (bicyclic) bond motifs is 1. The van der Waals surface area contributed by atoms with E-state index in [1.807, 2.05) is 12.1 Å². The maximum atomic E-state index is 13.8. The van der Waals surface area contributed by atoms with Crippen molar-refractivity contribution < 1.29 is 38.5 Å². The largest absolute Gasteiger partial charge is 0.405 e. The van der Waals surface area contributed by atoms with Crippen LogP contribution in [0.25, 0.3) is 5.65 Å². The summed E-state index contributed by atoms with van der Waals surface area (Å²) in [6, 6.07) is 10.9. The highest BCUT2D eigenvalue weighted by Crippen LogP contribution is 2.50. The molecule has 2 aromatic heterocycles. The van der Waals surface area contributed by atoms with Crippen LogP contribution >= 0.6 is 19.5 Å². The number of nitrogens with two attached hydrogens (primary N) is 2. The lowest BCUT2D eigenvalue weighted by atomic mass is 9.80. The number of aliphatic hydroxyl groups is 3. The van der Waals surface area contributed by atoms with Crippen LogP contribution in [0.15, 0.2) is 36.5 Å². The van der Waals surface area contributed by atoms with Gasteiger partial charge in [-0.2, -0.15) is 10.2 Å². The molecule has 1 fully saturated rings. The highest BCUT2D eigenvalue weighted by molar-refractivity contribution is 8.13. The molecule has 4 rings (SSSR count). The number of benzene rings is 1. The van der Waals surface area contributed by atoms with Crippen molar-refractivity contribution in [3.8, 4) is 6.07 Å². The van der Waals surface area contributed by atoms with Crippen LogP contribution in [0.5, 0.6) is 0 Å². The molecule has 8 N–H and O–H groups in total. The van der Waals surface area contributed by atoms with Crippen LogP contribution in [0.4, 0.5) is 11.8 Å². The van der Waals surface area contributed by atoms with Gasteiger partial charge in [-0.3, -0.25) is 13.8 Å². The number of nitriles is 1. The molecule has 3 heterocycles. The molecule has 1 aromatic carbocycles. The molecule has 1 saturated heterocycles. The number of rotatable bonds is 13. The zero-order chi connectivity index (χ0) is 32.3.